The van der Waals surface area contributed by atoms with Gasteiger partial charge in [0.1, 0.15) is 11.4 Å². The van der Waals surface area contributed by atoms with Crippen LogP contribution < -0.4 is 10.1 Å². The van der Waals surface area contributed by atoms with Crippen LogP contribution in [-0.4, -0.2) is 23.7 Å². The molecule has 8 heteroatoms. The number of rotatable bonds is 6. The first-order chi connectivity index (χ1) is 11.8. The highest BCUT2D eigenvalue weighted by atomic mass is 32.2. The highest BCUT2D eigenvalue weighted by Gasteiger charge is 2.30. The number of hydrogen-bond acceptors (Lipinski definition) is 4. The van der Waals surface area contributed by atoms with Crippen LogP contribution in [0.15, 0.2) is 41.3 Å². The Kier molecular flexibility index (Phi) is 6.30. The number of nitrogens with one attached hydrogen (secondary N) is 1. The topological polar surface area (TPSA) is 51.2 Å². The van der Waals surface area contributed by atoms with Crippen molar-refractivity contribution in [2.75, 3.05) is 12.8 Å². The van der Waals surface area contributed by atoms with Gasteiger partial charge in [-0.2, -0.15) is 13.2 Å². The third kappa shape index (κ3) is 5.38. The molecule has 2 rings (SSSR count). The maximum atomic E-state index is 12.8. The standard InChI is InChI=1S/C17H17F3N2O2S/c1-3-7-21-16(23)14-9-13(25-2)10-15(22-14)24-12-6-4-5-11(8-12)17(18,19)20/h4-6,8-10H,3,7H2,1-2H3,(H,21,23). The molecule has 25 heavy (non-hydrogen) atoms. The van der Waals surface area contributed by atoms with Crippen LogP contribution in [0.5, 0.6) is 11.6 Å². The van der Waals surface area contributed by atoms with Crippen molar-refractivity contribution >= 4 is 17.7 Å². The molecule has 1 aromatic heterocycles. The molecule has 0 radical (unpaired) electrons. The van der Waals surface area contributed by atoms with E-state index in [1.54, 1.807) is 12.1 Å². The fourth-order valence-electron chi connectivity index (χ4n) is 1.95. The van der Waals surface area contributed by atoms with Gasteiger partial charge in [-0.05, 0) is 36.9 Å². The number of alkyl halides is 3. The maximum absolute atomic E-state index is 12.8. The van der Waals surface area contributed by atoms with Crippen LogP contribution in [0.4, 0.5) is 13.2 Å². The zero-order chi connectivity index (χ0) is 18.4. The number of benzene rings is 1. The fourth-order valence-corrected chi connectivity index (χ4v) is 2.40. The molecule has 1 aromatic carbocycles. The van der Waals surface area contributed by atoms with Crippen molar-refractivity contribution in [2.45, 2.75) is 24.4 Å². The molecule has 1 N–H and O–H groups in total. The highest BCUT2D eigenvalue weighted by molar-refractivity contribution is 7.98. The van der Waals surface area contributed by atoms with Gasteiger partial charge in [0.25, 0.3) is 5.91 Å². The van der Waals surface area contributed by atoms with Gasteiger partial charge in [0.15, 0.2) is 0 Å². The second kappa shape index (κ2) is 8.24. The Morgan fingerprint density at radius 2 is 2.04 bits per heavy atom. The van der Waals surface area contributed by atoms with Crippen LogP contribution in [0.1, 0.15) is 29.4 Å². The molecule has 0 saturated carbocycles. The largest absolute Gasteiger partial charge is 0.439 e. The summed E-state index contributed by atoms with van der Waals surface area (Å²) < 4.78 is 43.8. The van der Waals surface area contributed by atoms with Crippen molar-refractivity contribution in [3.8, 4) is 11.6 Å². The summed E-state index contributed by atoms with van der Waals surface area (Å²) in [5.74, 6) is -0.292. The van der Waals surface area contributed by atoms with Crippen molar-refractivity contribution < 1.29 is 22.7 Å². The zero-order valence-corrected chi connectivity index (χ0v) is 14.5. The highest BCUT2D eigenvalue weighted by Crippen LogP contribution is 2.33. The van der Waals surface area contributed by atoms with Gasteiger partial charge in [0.2, 0.25) is 5.88 Å². The van der Waals surface area contributed by atoms with Gasteiger partial charge in [-0.25, -0.2) is 4.98 Å². The number of halogens is 3. The van der Waals surface area contributed by atoms with Crippen LogP contribution in [0.25, 0.3) is 0 Å². The number of pyridine rings is 1. The Morgan fingerprint density at radius 3 is 2.68 bits per heavy atom. The number of thioether (sulfide) groups is 1. The minimum Gasteiger partial charge on any atom is -0.439 e. The van der Waals surface area contributed by atoms with E-state index in [-0.39, 0.29) is 23.2 Å². The van der Waals surface area contributed by atoms with Crippen LogP contribution in [0.3, 0.4) is 0 Å². The molecule has 0 aliphatic rings. The number of aromatic nitrogens is 1. The summed E-state index contributed by atoms with van der Waals surface area (Å²) in [4.78, 5) is 16.9. The zero-order valence-electron chi connectivity index (χ0n) is 13.7. The first kappa shape index (κ1) is 19.1. The Labute approximate surface area is 147 Å². The molecule has 0 saturated heterocycles. The quantitative estimate of drug-likeness (QED) is 0.745. The average molecular weight is 370 g/mol. The van der Waals surface area contributed by atoms with Crippen molar-refractivity contribution in [3.63, 3.8) is 0 Å². The van der Waals surface area contributed by atoms with Gasteiger partial charge in [-0.3, -0.25) is 4.79 Å². The van der Waals surface area contributed by atoms with E-state index in [9.17, 15) is 18.0 Å². The Hall–Kier alpha value is -2.22. The number of amides is 1. The van der Waals surface area contributed by atoms with E-state index in [1.807, 2.05) is 13.2 Å². The summed E-state index contributed by atoms with van der Waals surface area (Å²) in [5.41, 5.74) is -0.658. The van der Waals surface area contributed by atoms with Crippen molar-refractivity contribution in [1.29, 1.82) is 0 Å². The predicted molar refractivity (Wildman–Crippen MR) is 90.2 cm³/mol. The van der Waals surface area contributed by atoms with Crippen LogP contribution in [0, 0.1) is 0 Å². The number of carbonyl (C=O) groups is 1. The number of nitrogens with zero attached hydrogens (tertiary/aromatic N) is 1. The van der Waals surface area contributed by atoms with E-state index in [1.165, 1.54) is 23.9 Å². The molecule has 0 spiro atoms. The third-order valence-electron chi connectivity index (χ3n) is 3.16. The smallest absolute Gasteiger partial charge is 0.416 e. The lowest BCUT2D eigenvalue weighted by atomic mass is 10.2. The number of hydrogen-bond donors (Lipinski definition) is 1. The van der Waals surface area contributed by atoms with Gasteiger partial charge >= 0.3 is 6.18 Å². The SMILES string of the molecule is CCCNC(=O)c1cc(SC)cc(Oc2cccc(C(F)(F)F)c2)n1. The maximum Gasteiger partial charge on any atom is 0.416 e. The van der Waals surface area contributed by atoms with E-state index in [2.05, 4.69) is 10.3 Å². The first-order valence-corrected chi connectivity index (χ1v) is 8.75. The molecule has 4 nitrogen and oxygen atoms in total. The monoisotopic (exact) mass is 370 g/mol. The Balaban J connectivity index is 2.28. The molecule has 1 amide bonds. The molecule has 0 bridgehead atoms. The minimum absolute atomic E-state index is 0.000458. The molecule has 0 atom stereocenters. The van der Waals surface area contributed by atoms with Crippen LogP contribution in [0.2, 0.25) is 0 Å². The molecule has 0 fully saturated rings. The lowest BCUT2D eigenvalue weighted by molar-refractivity contribution is -0.137. The van der Waals surface area contributed by atoms with E-state index >= 15 is 0 Å². The molecule has 134 valence electrons. The van der Waals surface area contributed by atoms with E-state index in [0.29, 0.717) is 6.54 Å². The first-order valence-electron chi connectivity index (χ1n) is 7.53. The van der Waals surface area contributed by atoms with Crippen molar-refractivity contribution in [1.82, 2.24) is 10.3 Å². The summed E-state index contributed by atoms with van der Waals surface area (Å²) in [6.45, 7) is 2.43. The minimum atomic E-state index is -4.46. The van der Waals surface area contributed by atoms with E-state index in [4.69, 9.17) is 4.74 Å². The number of carbonyl (C=O) groups excluding carboxylic acids is 1. The Bertz CT molecular complexity index is 751. The molecule has 2 aromatic rings. The summed E-state index contributed by atoms with van der Waals surface area (Å²) >= 11 is 1.38. The van der Waals surface area contributed by atoms with Gasteiger partial charge in [0.05, 0.1) is 5.56 Å². The van der Waals surface area contributed by atoms with Crippen LogP contribution in [-0.2, 0) is 6.18 Å². The van der Waals surface area contributed by atoms with Gasteiger partial charge < -0.3 is 10.1 Å². The fraction of sp³-hybridized carbons (Fsp3) is 0.294. The second-order valence-corrected chi connectivity index (χ2v) is 5.99. The lowest BCUT2D eigenvalue weighted by Gasteiger charge is -2.11. The second-order valence-electron chi connectivity index (χ2n) is 5.11. The molecule has 0 unspecified atom stereocenters. The molecular formula is C17H17F3N2O2S. The summed E-state index contributed by atoms with van der Waals surface area (Å²) in [6.07, 6.45) is -1.86. The molecular weight excluding hydrogens is 353 g/mol. The van der Waals surface area contributed by atoms with Gasteiger partial charge in [-0.1, -0.05) is 13.0 Å². The average Bonchev–Trinajstić information content (AvgIpc) is 2.58. The number of ether oxygens (including phenoxy) is 1. The van der Waals surface area contributed by atoms with Crippen LogP contribution >= 0.6 is 11.8 Å². The Morgan fingerprint density at radius 1 is 1.28 bits per heavy atom. The molecule has 1 heterocycles. The van der Waals surface area contributed by atoms with E-state index in [0.717, 1.165) is 23.4 Å². The van der Waals surface area contributed by atoms with Gasteiger partial charge in [-0.15, -0.1) is 11.8 Å². The molecule has 0 aliphatic carbocycles. The predicted octanol–water partition coefficient (Wildman–Crippen LogP) is 4.75. The third-order valence-corrected chi connectivity index (χ3v) is 3.87. The summed E-state index contributed by atoms with van der Waals surface area (Å²) in [5, 5.41) is 2.71. The van der Waals surface area contributed by atoms with Crippen molar-refractivity contribution in [2.24, 2.45) is 0 Å². The lowest BCUT2D eigenvalue weighted by Crippen LogP contribution is -2.25. The van der Waals surface area contributed by atoms with Crippen molar-refractivity contribution in [3.05, 3.63) is 47.7 Å². The summed E-state index contributed by atoms with van der Waals surface area (Å²) in [6, 6.07) is 7.69. The van der Waals surface area contributed by atoms with Gasteiger partial charge in [0, 0.05) is 17.5 Å². The molecule has 0 aliphatic heterocycles. The summed E-state index contributed by atoms with van der Waals surface area (Å²) in [7, 11) is 0. The van der Waals surface area contributed by atoms with E-state index < -0.39 is 11.7 Å². The normalized spacial score (nSPS) is 11.2.